The molecule has 2 rings (SSSR count). The van der Waals surface area contributed by atoms with E-state index in [9.17, 15) is 8.42 Å². The van der Waals surface area contributed by atoms with Crippen LogP contribution < -0.4 is 10.6 Å². The fourth-order valence-electron chi connectivity index (χ4n) is 3.81. The highest BCUT2D eigenvalue weighted by Crippen LogP contribution is 2.19. The lowest BCUT2D eigenvalue weighted by Gasteiger charge is -2.39. The Morgan fingerprint density at radius 2 is 1.79 bits per heavy atom. The topological polar surface area (TPSA) is 83.0 Å². The molecule has 0 radical (unpaired) electrons. The Hall–Kier alpha value is -1.64. The second-order valence-corrected chi connectivity index (χ2v) is 9.41. The number of hydrogen-bond donors (Lipinski definition) is 2. The van der Waals surface area contributed by atoms with Crippen LogP contribution in [-0.4, -0.2) is 77.5 Å². The molecule has 1 fully saturated rings. The molecule has 1 atom stereocenters. The summed E-state index contributed by atoms with van der Waals surface area (Å²) < 4.78 is 30.4. The maximum Gasteiger partial charge on any atom is 0.191 e. The van der Waals surface area contributed by atoms with Gasteiger partial charge in [-0.3, -0.25) is 9.89 Å². The van der Waals surface area contributed by atoms with Gasteiger partial charge in [-0.05, 0) is 18.1 Å². The van der Waals surface area contributed by atoms with Gasteiger partial charge in [0.2, 0.25) is 0 Å². The molecule has 1 unspecified atom stereocenters. The molecule has 1 aliphatic heterocycles. The second kappa shape index (κ2) is 12.1. The maximum absolute atomic E-state index is 12.4. The fourth-order valence-corrected chi connectivity index (χ4v) is 4.99. The third-order valence-electron chi connectivity index (χ3n) is 5.58. The van der Waals surface area contributed by atoms with Crippen LogP contribution in [0.5, 0.6) is 0 Å². The number of benzene rings is 1. The molecule has 29 heavy (non-hydrogen) atoms. The average Bonchev–Trinajstić information content (AvgIpc) is 2.76. The number of hydrogen-bond acceptors (Lipinski definition) is 5. The Balaban J connectivity index is 1.89. The smallest absolute Gasteiger partial charge is 0.191 e. The SMILES string of the molecule is CCC(CC)C(CNC(=NC)NCCS(=O)(=O)c1ccccc1)N1CCOCC1. The lowest BCUT2D eigenvalue weighted by atomic mass is 9.92. The molecule has 8 heteroatoms. The second-order valence-electron chi connectivity index (χ2n) is 7.30. The zero-order valence-electron chi connectivity index (χ0n) is 17.9. The van der Waals surface area contributed by atoms with E-state index in [2.05, 4.69) is 34.4 Å². The van der Waals surface area contributed by atoms with Crippen LogP contribution in [-0.2, 0) is 14.6 Å². The summed E-state index contributed by atoms with van der Waals surface area (Å²) >= 11 is 0. The van der Waals surface area contributed by atoms with E-state index in [1.54, 1.807) is 31.3 Å². The van der Waals surface area contributed by atoms with Crippen LogP contribution in [0.3, 0.4) is 0 Å². The largest absolute Gasteiger partial charge is 0.379 e. The summed E-state index contributed by atoms with van der Waals surface area (Å²) in [5.74, 6) is 1.26. The average molecular weight is 425 g/mol. The van der Waals surface area contributed by atoms with Gasteiger partial charge in [0.05, 0.1) is 23.9 Å². The molecule has 0 saturated carbocycles. The minimum Gasteiger partial charge on any atom is -0.379 e. The molecule has 164 valence electrons. The van der Waals surface area contributed by atoms with Crippen LogP contribution in [0.25, 0.3) is 0 Å². The molecule has 1 heterocycles. The van der Waals surface area contributed by atoms with Crippen LogP contribution in [0.4, 0.5) is 0 Å². The van der Waals surface area contributed by atoms with E-state index in [4.69, 9.17) is 4.74 Å². The molecule has 0 aromatic heterocycles. The van der Waals surface area contributed by atoms with Crippen molar-refractivity contribution < 1.29 is 13.2 Å². The number of ether oxygens (including phenoxy) is 1. The van der Waals surface area contributed by atoms with E-state index in [-0.39, 0.29) is 5.75 Å². The van der Waals surface area contributed by atoms with E-state index in [1.807, 2.05) is 6.07 Å². The van der Waals surface area contributed by atoms with Crippen molar-refractivity contribution in [3.05, 3.63) is 30.3 Å². The maximum atomic E-state index is 12.4. The number of sulfone groups is 1. The van der Waals surface area contributed by atoms with Crippen molar-refractivity contribution in [2.24, 2.45) is 10.9 Å². The van der Waals surface area contributed by atoms with Crippen LogP contribution in [0.15, 0.2) is 40.2 Å². The first-order valence-corrected chi connectivity index (χ1v) is 12.2. The van der Waals surface area contributed by atoms with Gasteiger partial charge < -0.3 is 15.4 Å². The summed E-state index contributed by atoms with van der Waals surface area (Å²) in [4.78, 5) is 7.12. The van der Waals surface area contributed by atoms with Crippen LogP contribution in [0.2, 0.25) is 0 Å². The van der Waals surface area contributed by atoms with Gasteiger partial charge in [-0.2, -0.15) is 0 Å². The van der Waals surface area contributed by atoms with Crippen molar-refractivity contribution in [3.8, 4) is 0 Å². The molecule has 2 N–H and O–H groups in total. The molecule has 0 amide bonds. The molecule has 1 aliphatic rings. The number of morpholine rings is 1. The lowest BCUT2D eigenvalue weighted by Crippen LogP contribution is -2.53. The van der Waals surface area contributed by atoms with Gasteiger partial charge in [0, 0.05) is 39.3 Å². The molecule has 1 aromatic rings. The van der Waals surface area contributed by atoms with Gasteiger partial charge in [0.25, 0.3) is 0 Å². The van der Waals surface area contributed by atoms with E-state index in [1.165, 1.54) is 0 Å². The Morgan fingerprint density at radius 1 is 1.14 bits per heavy atom. The van der Waals surface area contributed by atoms with Crippen molar-refractivity contribution in [1.29, 1.82) is 0 Å². The Bertz CT molecular complexity index is 715. The van der Waals surface area contributed by atoms with E-state index >= 15 is 0 Å². The zero-order chi connectivity index (χ0) is 21.1. The Morgan fingerprint density at radius 3 is 2.38 bits per heavy atom. The van der Waals surface area contributed by atoms with Crippen molar-refractivity contribution in [3.63, 3.8) is 0 Å². The zero-order valence-corrected chi connectivity index (χ0v) is 18.7. The number of rotatable bonds is 10. The number of guanidine groups is 1. The highest BCUT2D eigenvalue weighted by atomic mass is 32.2. The normalized spacial score (nSPS) is 17.3. The van der Waals surface area contributed by atoms with Crippen molar-refractivity contribution in [2.45, 2.75) is 37.6 Å². The fraction of sp³-hybridized carbons (Fsp3) is 0.667. The predicted octanol–water partition coefficient (Wildman–Crippen LogP) is 1.76. The van der Waals surface area contributed by atoms with Gasteiger partial charge in [-0.25, -0.2) is 8.42 Å². The van der Waals surface area contributed by atoms with E-state index < -0.39 is 9.84 Å². The molecule has 0 bridgehead atoms. The summed E-state index contributed by atoms with van der Waals surface area (Å²) in [5, 5.41) is 6.55. The van der Waals surface area contributed by atoms with Crippen molar-refractivity contribution >= 4 is 15.8 Å². The number of nitrogens with one attached hydrogen (secondary N) is 2. The summed E-state index contributed by atoms with van der Waals surface area (Å²) in [6.45, 7) is 9.02. The quantitative estimate of drug-likeness (QED) is 0.440. The summed E-state index contributed by atoms with van der Waals surface area (Å²) in [6, 6.07) is 8.96. The van der Waals surface area contributed by atoms with Crippen molar-refractivity contribution in [2.75, 3.05) is 52.2 Å². The first-order chi connectivity index (χ1) is 14.0. The van der Waals surface area contributed by atoms with E-state index in [0.29, 0.717) is 29.4 Å². The number of aliphatic imine (C=N–C) groups is 1. The molecule has 7 nitrogen and oxygen atoms in total. The minimum atomic E-state index is -3.30. The minimum absolute atomic E-state index is 0.0250. The summed E-state index contributed by atoms with van der Waals surface area (Å²) in [5.41, 5.74) is 0. The standard InChI is InChI=1S/C21H36N4O3S/c1-4-18(5-2)20(25-12-14-28-15-13-25)17-24-21(22-3)23-11-16-29(26,27)19-9-7-6-8-10-19/h6-10,18,20H,4-5,11-17H2,1-3H3,(H2,22,23,24). The molecule has 0 spiro atoms. The molecule has 1 aromatic carbocycles. The van der Waals surface area contributed by atoms with Gasteiger partial charge in [-0.1, -0.05) is 44.9 Å². The van der Waals surface area contributed by atoms with Gasteiger partial charge in [0.1, 0.15) is 0 Å². The third-order valence-corrected chi connectivity index (χ3v) is 7.31. The molecular formula is C21H36N4O3S. The van der Waals surface area contributed by atoms with Crippen LogP contribution >= 0.6 is 0 Å². The Labute approximate surface area is 175 Å². The first kappa shape index (κ1) is 23.6. The third kappa shape index (κ3) is 7.28. The highest BCUT2D eigenvalue weighted by Gasteiger charge is 2.27. The molecule has 0 aliphatic carbocycles. The van der Waals surface area contributed by atoms with Gasteiger partial charge >= 0.3 is 0 Å². The first-order valence-electron chi connectivity index (χ1n) is 10.6. The predicted molar refractivity (Wildman–Crippen MR) is 118 cm³/mol. The summed E-state index contributed by atoms with van der Waals surface area (Å²) in [7, 11) is -1.59. The molecular weight excluding hydrogens is 388 g/mol. The van der Waals surface area contributed by atoms with Crippen LogP contribution in [0.1, 0.15) is 26.7 Å². The number of nitrogens with zero attached hydrogens (tertiary/aromatic N) is 2. The van der Waals surface area contributed by atoms with E-state index in [0.717, 1.165) is 45.7 Å². The Kier molecular flexibility index (Phi) is 9.90. The van der Waals surface area contributed by atoms with Gasteiger partial charge in [0.15, 0.2) is 15.8 Å². The van der Waals surface area contributed by atoms with Crippen LogP contribution in [0, 0.1) is 5.92 Å². The summed E-state index contributed by atoms with van der Waals surface area (Å²) in [6.07, 6.45) is 2.25. The lowest BCUT2D eigenvalue weighted by molar-refractivity contribution is 0.00272. The molecule has 1 saturated heterocycles. The highest BCUT2D eigenvalue weighted by molar-refractivity contribution is 7.91. The monoisotopic (exact) mass is 424 g/mol. The van der Waals surface area contributed by atoms with Crippen molar-refractivity contribution in [1.82, 2.24) is 15.5 Å². The van der Waals surface area contributed by atoms with Gasteiger partial charge in [-0.15, -0.1) is 0 Å².